The number of halogens is 2. The van der Waals surface area contributed by atoms with Gasteiger partial charge < -0.3 is 18.7 Å². The average molecular weight is 626 g/mol. The summed E-state index contributed by atoms with van der Waals surface area (Å²) in [6.07, 6.45) is 6.36. The molecule has 0 spiro atoms. The Kier molecular flexibility index (Phi) is 8.74. The molecular weight excluding hydrogens is 600 g/mol. The van der Waals surface area contributed by atoms with E-state index in [2.05, 4.69) is 15.1 Å². The Hall–Kier alpha value is -5.95. The number of morpholine rings is 1. The number of rotatable bonds is 4. The van der Waals surface area contributed by atoms with Crippen molar-refractivity contribution in [2.75, 3.05) is 26.3 Å². The zero-order chi connectivity index (χ0) is 32.0. The molecule has 0 bridgehead atoms. The Balaban J connectivity index is 0.000000172. The number of carbonyl (C=O) groups excluding carboxylic acids is 1. The Morgan fingerprint density at radius 2 is 1.20 bits per heavy atom. The van der Waals surface area contributed by atoms with Crippen LogP contribution in [-0.2, 0) is 4.74 Å². The third-order valence-electron chi connectivity index (χ3n) is 7.16. The lowest BCUT2D eigenvalue weighted by molar-refractivity contribution is 0.0484. The predicted octanol–water partition coefficient (Wildman–Crippen LogP) is 5.45. The number of nitrogens with one attached hydrogen (secondary N) is 1. The van der Waals surface area contributed by atoms with Crippen molar-refractivity contribution in [3.8, 4) is 44.8 Å². The maximum absolute atomic E-state index is 13.3. The topological polar surface area (TPSA) is 136 Å². The number of H-pyrrole nitrogens is 1. The molecule has 1 aliphatic heterocycles. The second-order valence-electron chi connectivity index (χ2n) is 10.0. The summed E-state index contributed by atoms with van der Waals surface area (Å²) < 4.78 is 42.7. The summed E-state index contributed by atoms with van der Waals surface area (Å²) in [5.41, 5.74) is 2.72. The molecule has 0 aliphatic carbocycles. The Morgan fingerprint density at radius 1 is 0.674 bits per heavy atom. The monoisotopic (exact) mass is 625 g/mol. The van der Waals surface area contributed by atoms with Crippen LogP contribution in [0.2, 0.25) is 0 Å². The smallest absolute Gasteiger partial charge is 0.366 e. The number of amides is 1. The van der Waals surface area contributed by atoms with E-state index in [-0.39, 0.29) is 11.4 Å². The van der Waals surface area contributed by atoms with Gasteiger partial charge in [-0.15, -0.1) is 4.74 Å². The minimum absolute atomic E-state index is 0.197. The molecule has 0 unspecified atom stereocenters. The molecule has 2 aromatic carbocycles. The van der Waals surface area contributed by atoms with Gasteiger partial charge in [0.05, 0.1) is 30.0 Å². The van der Waals surface area contributed by atoms with E-state index in [4.69, 9.17) is 13.8 Å². The van der Waals surface area contributed by atoms with Gasteiger partial charge in [-0.2, -0.15) is 0 Å². The van der Waals surface area contributed by atoms with E-state index in [0.29, 0.717) is 59.9 Å². The molecule has 4 aromatic heterocycles. The fourth-order valence-electron chi connectivity index (χ4n) is 4.93. The van der Waals surface area contributed by atoms with E-state index in [1.54, 1.807) is 66.1 Å². The van der Waals surface area contributed by atoms with E-state index in [9.17, 15) is 23.2 Å². The van der Waals surface area contributed by atoms with Crippen molar-refractivity contribution in [3.05, 3.63) is 130 Å². The molecule has 232 valence electrons. The predicted molar refractivity (Wildman–Crippen MR) is 163 cm³/mol. The van der Waals surface area contributed by atoms with Crippen LogP contribution in [0, 0.1) is 11.6 Å². The van der Waals surface area contributed by atoms with Crippen molar-refractivity contribution in [3.63, 3.8) is 0 Å². The maximum atomic E-state index is 13.3. The van der Waals surface area contributed by atoms with Crippen LogP contribution in [0.3, 0.4) is 0 Å². The van der Waals surface area contributed by atoms with Crippen LogP contribution in [0.5, 0.6) is 0 Å². The van der Waals surface area contributed by atoms with E-state index in [0.717, 1.165) is 10.3 Å². The molecule has 46 heavy (non-hydrogen) atoms. The van der Waals surface area contributed by atoms with Gasteiger partial charge >= 0.3 is 17.3 Å². The standard InChI is InChI=1S/C19H16FN3O4.C14H9FN2O2/c20-15-3-1-13(2-4-15)16-17(14-5-7-21-8-6-14)23(27-18(16)24)19(25)22-9-11-26-12-10-22;15-11-3-1-9(2-4-11)12-13(17-19-14(12)18)10-5-7-16-8-6-10/h1-8H,9-12H2;1-8,17H. The van der Waals surface area contributed by atoms with E-state index >= 15 is 0 Å². The molecule has 11 nitrogen and oxygen atoms in total. The number of aromatic nitrogens is 4. The summed E-state index contributed by atoms with van der Waals surface area (Å²) in [6, 6.07) is 17.6. The second kappa shape index (κ2) is 13.4. The molecule has 1 aliphatic rings. The molecule has 0 saturated carbocycles. The first-order valence-electron chi connectivity index (χ1n) is 14.1. The van der Waals surface area contributed by atoms with Gasteiger partial charge in [-0.05, 0) is 59.7 Å². The van der Waals surface area contributed by atoms with Gasteiger partial charge in [0.2, 0.25) is 0 Å². The summed E-state index contributed by atoms with van der Waals surface area (Å²) in [5, 5.41) is 2.59. The largest absolute Gasteiger partial charge is 0.378 e. The molecule has 1 amide bonds. The second-order valence-corrected chi connectivity index (χ2v) is 10.0. The van der Waals surface area contributed by atoms with Gasteiger partial charge in [-0.3, -0.25) is 9.97 Å². The van der Waals surface area contributed by atoms with Crippen LogP contribution in [0.1, 0.15) is 0 Å². The number of aromatic amines is 1. The highest BCUT2D eigenvalue weighted by Gasteiger charge is 2.28. The van der Waals surface area contributed by atoms with Crippen molar-refractivity contribution >= 4 is 6.03 Å². The van der Waals surface area contributed by atoms with Crippen molar-refractivity contribution < 1.29 is 27.4 Å². The van der Waals surface area contributed by atoms with Crippen LogP contribution in [0.15, 0.2) is 116 Å². The molecular formula is C33H25F2N5O6. The lowest BCUT2D eigenvalue weighted by Gasteiger charge is -2.26. The molecule has 6 aromatic rings. The third-order valence-corrected chi connectivity index (χ3v) is 7.16. The quantitative estimate of drug-likeness (QED) is 0.273. The van der Waals surface area contributed by atoms with Crippen molar-refractivity contribution in [1.82, 2.24) is 24.8 Å². The van der Waals surface area contributed by atoms with E-state index < -0.39 is 23.1 Å². The van der Waals surface area contributed by atoms with E-state index in [1.807, 2.05) is 0 Å². The molecule has 0 atom stereocenters. The Labute approximate surface area is 259 Å². The van der Waals surface area contributed by atoms with Crippen LogP contribution in [-0.4, -0.2) is 57.1 Å². The highest BCUT2D eigenvalue weighted by atomic mass is 19.1. The normalized spacial score (nSPS) is 12.8. The lowest BCUT2D eigenvalue weighted by Crippen LogP contribution is -2.43. The van der Waals surface area contributed by atoms with Crippen LogP contribution >= 0.6 is 0 Å². The molecule has 0 radical (unpaired) electrons. The fourth-order valence-corrected chi connectivity index (χ4v) is 4.93. The number of pyridine rings is 2. The van der Waals surface area contributed by atoms with Gasteiger partial charge in [0, 0.05) is 49.0 Å². The highest BCUT2D eigenvalue weighted by Crippen LogP contribution is 2.31. The molecule has 13 heteroatoms. The molecule has 1 saturated heterocycles. The van der Waals surface area contributed by atoms with Crippen LogP contribution in [0.4, 0.5) is 13.6 Å². The lowest BCUT2D eigenvalue weighted by atomic mass is 10.0. The first-order valence-corrected chi connectivity index (χ1v) is 14.1. The van der Waals surface area contributed by atoms with Gasteiger partial charge in [0.1, 0.15) is 17.3 Å². The number of carbonyl (C=O) groups is 1. The Bertz CT molecular complexity index is 2050. The summed E-state index contributed by atoms with van der Waals surface area (Å²) in [6.45, 7) is 1.66. The highest BCUT2D eigenvalue weighted by molar-refractivity contribution is 5.88. The summed E-state index contributed by atoms with van der Waals surface area (Å²) in [5.74, 6) is -0.772. The molecule has 5 heterocycles. The molecule has 1 fully saturated rings. The van der Waals surface area contributed by atoms with Crippen LogP contribution < -0.4 is 11.3 Å². The minimum Gasteiger partial charge on any atom is -0.378 e. The van der Waals surface area contributed by atoms with Gasteiger partial charge in [-0.25, -0.2) is 28.3 Å². The molecule has 7 rings (SSSR count). The van der Waals surface area contributed by atoms with Crippen molar-refractivity contribution in [2.45, 2.75) is 0 Å². The number of benzene rings is 2. The number of ether oxygens (including phenoxy) is 1. The van der Waals surface area contributed by atoms with Gasteiger partial charge in [0.25, 0.3) is 0 Å². The Morgan fingerprint density at radius 3 is 1.76 bits per heavy atom. The average Bonchev–Trinajstić information content (AvgIpc) is 3.66. The zero-order valence-electron chi connectivity index (χ0n) is 24.1. The number of hydrogen-bond acceptors (Lipinski definition) is 8. The SMILES string of the molecule is O=C(N1CCOCC1)n1oc(=O)c(-c2ccc(F)cc2)c1-c1ccncc1.O=c1o[nH]c(-c2ccncc2)c1-c1ccc(F)cc1. The summed E-state index contributed by atoms with van der Waals surface area (Å²) >= 11 is 0. The van der Waals surface area contributed by atoms with Crippen LogP contribution in [0.25, 0.3) is 44.8 Å². The fraction of sp³-hybridized carbons (Fsp3) is 0.121. The first-order chi connectivity index (χ1) is 22.4. The maximum Gasteiger partial charge on any atom is 0.366 e. The number of hydrogen-bond donors (Lipinski definition) is 1. The molecule has 1 N–H and O–H groups in total. The van der Waals surface area contributed by atoms with Gasteiger partial charge in [0.15, 0.2) is 0 Å². The van der Waals surface area contributed by atoms with Crippen molar-refractivity contribution in [1.29, 1.82) is 0 Å². The summed E-state index contributed by atoms with van der Waals surface area (Å²) in [4.78, 5) is 46.8. The van der Waals surface area contributed by atoms with Gasteiger partial charge in [-0.1, -0.05) is 24.3 Å². The first kappa shape index (κ1) is 30.1. The van der Waals surface area contributed by atoms with E-state index in [1.165, 1.54) is 36.4 Å². The zero-order valence-corrected chi connectivity index (χ0v) is 24.1. The third kappa shape index (κ3) is 6.30. The van der Waals surface area contributed by atoms with Crippen molar-refractivity contribution in [2.24, 2.45) is 0 Å². The summed E-state index contributed by atoms with van der Waals surface area (Å²) in [7, 11) is 0. The minimum atomic E-state index is -0.671. The number of nitrogens with zero attached hydrogens (tertiary/aromatic N) is 4.